The number of rotatable bonds is 5. The van der Waals surface area contributed by atoms with Gasteiger partial charge in [0.15, 0.2) is 0 Å². The van der Waals surface area contributed by atoms with Gasteiger partial charge in [0.25, 0.3) is 5.91 Å². The zero-order valence-electron chi connectivity index (χ0n) is 17.0. The molecule has 0 spiro atoms. The molecule has 5 nitrogen and oxygen atoms in total. The van der Waals surface area contributed by atoms with E-state index < -0.39 is 5.82 Å². The first-order valence-electron chi connectivity index (χ1n) is 9.85. The first-order chi connectivity index (χ1) is 14.6. The minimum atomic E-state index is -0.437. The Morgan fingerprint density at radius 2 is 1.97 bits per heavy atom. The Kier molecular flexibility index (Phi) is 5.65. The molecule has 1 unspecified atom stereocenters. The minimum Gasteiger partial charge on any atom is -0.497 e. The summed E-state index contributed by atoms with van der Waals surface area (Å²) >= 11 is 0. The van der Waals surface area contributed by atoms with E-state index in [0.29, 0.717) is 29.0 Å². The Morgan fingerprint density at radius 1 is 1.10 bits per heavy atom. The Balaban J connectivity index is 1.65. The summed E-state index contributed by atoms with van der Waals surface area (Å²) < 4.78 is 25.0. The molecule has 1 aliphatic rings. The maximum atomic E-state index is 14.2. The van der Waals surface area contributed by atoms with Crippen LogP contribution in [-0.4, -0.2) is 36.6 Å². The van der Waals surface area contributed by atoms with Crippen molar-refractivity contribution in [2.75, 3.05) is 20.8 Å². The van der Waals surface area contributed by atoms with E-state index in [0.717, 1.165) is 30.4 Å². The van der Waals surface area contributed by atoms with Gasteiger partial charge >= 0.3 is 0 Å². The molecular formula is C24H23FN2O3. The summed E-state index contributed by atoms with van der Waals surface area (Å²) in [6.07, 6.45) is 4.53. The van der Waals surface area contributed by atoms with Crippen LogP contribution in [0.5, 0.6) is 11.5 Å². The number of aromatic nitrogens is 1. The summed E-state index contributed by atoms with van der Waals surface area (Å²) in [6.45, 7) is 0.684. The number of methoxy groups -OCH3 is 2. The molecule has 1 aromatic heterocycles. The van der Waals surface area contributed by atoms with Crippen molar-refractivity contribution in [1.82, 2.24) is 9.88 Å². The molecular weight excluding hydrogens is 383 g/mol. The van der Waals surface area contributed by atoms with Crippen molar-refractivity contribution in [2.45, 2.75) is 18.9 Å². The van der Waals surface area contributed by atoms with Gasteiger partial charge in [-0.3, -0.25) is 9.78 Å². The number of halogens is 1. The third kappa shape index (κ3) is 3.73. The second-order valence-electron chi connectivity index (χ2n) is 7.20. The van der Waals surface area contributed by atoms with E-state index in [-0.39, 0.29) is 11.9 Å². The lowest BCUT2D eigenvalue weighted by molar-refractivity contribution is 0.0735. The molecule has 1 atom stereocenters. The molecule has 30 heavy (non-hydrogen) atoms. The largest absolute Gasteiger partial charge is 0.497 e. The van der Waals surface area contributed by atoms with Crippen LogP contribution in [-0.2, 0) is 0 Å². The predicted molar refractivity (Wildman–Crippen MR) is 112 cm³/mol. The van der Waals surface area contributed by atoms with Crippen LogP contribution in [0.15, 0.2) is 60.9 Å². The van der Waals surface area contributed by atoms with Crippen molar-refractivity contribution in [3.8, 4) is 22.6 Å². The van der Waals surface area contributed by atoms with Crippen LogP contribution in [0.4, 0.5) is 4.39 Å². The Hall–Kier alpha value is -3.41. The highest BCUT2D eigenvalue weighted by Crippen LogP contribution is 2.36. The SMILES string of the molecule is COc1cccc(C2CCCN2C(=O)c2ccc(-c3ccncc3F)c(OC)c2)c1. The highest BCUT2D eigenvalue weighted by Gasteiger charge is 2.31. The molecule has 2 aromatic carbocycles. The number of pyridine rings is 1. The molecule has 0 N–H and O–H groups in total. The molecule has 154 valence electrons. The van der Waals surface area contributed by atoms with Crippen LogP contribution in [0.25, 0.3) is 11.1 Å². The predicted octanol–water partition coefficient (Wildman–Crippen LogP) is 4.88. The van der Waals surface area contributed by atoms with Crippen LogP contribution in [0.2, 0.25) is 0 Å². The molecule has 1 saturated heterocycles. The van der Waals surface area contributed by atoms with Crippen LogP contribution in [0.3, 0.4) is 0 Å². The van der Waals surface area contributed by atoms with E-state index in [1.165, 1.54) is 13.3 Å². The summed E-state index contributed by atoms with van der Waals surface area (Å²) in [7, 11) is 3.15. The van der Waals surface area contributed by atoms with E-state index in [4.69, 9.17) is 9.47 Å². The molecule has 1 aliphatic heterocycles. The van der Waals surface area contributed by atoms with Gasteiger partial charge in [-0.2, -0.15) is 0 Å². The molecule has 1 fully saturated rings. The average Bonchev–Trinajstić information content (AvgIpc) is 3.28. The lowest BCUT2D eigenvalue weighted by Gasteiger charge is -2.26. The van der Waals surface area contributed by atoms with E-state index in [9.17, 15) is 9.18 Å². The number of hydrogen-bond donors (Lipinski definition) is 0. The van der Waals surface area contributed by atoms with Gasteiger partial charge in [-0.25, -0.2) is 4.39 Å². The van der Waals surface area contributed by atoms with E-state index in [1.807, 2.05) is 29.2 Å². The number of ether oxygens (including phenoxy) is 2. The summed E-state index contributed by atoms with van der Waals surface area (Å²) in [5.74, 6) is 0.716. The van der Waals surface area contributed by atoms with Gasteiger partial charge in [-0.05, 0) is 54.8 Å². The molecule has 6 heteroatoms. The standard InChI is InChI=1S/C24H23FN2O3/c1-29-18-6-3-5-16(13-18)22-7-4-12-27(22)24(28)17-8-9-20(23(14-17)30-2)19-10-11-26-15-21(19)25/h3,5-6,8-11,13-15,22H,4,7,12H2,1-2H3. The summed E-state index contributed by atoms with van der Waals surface area (Å²) in [5.41, 5.74) is 2.54. The number of carbonyl (C=O) groups is 1. The second kappa shape index (κ2) is 8.53. The maximum absolute atomic E-state index is 14.2. The number of nitrogens with zero attached hydrogens (tertiary/aromatic N) is 2. The van der Waals surface area contributed by atoms with E-state index in [2.05, 4.69) is 4.98 Å². The first kappa shape index (κ1) is 19.9. The third-order valence-electron chi connectivity index (χ3n) is 5.50. The zero-order chi connectivity index (χ0) is 21.1. The quantitative estimate of drug-likeness (QED) is 0.606. The fourth-order valence-electron chi connectivity index (χ4n) is 4.01. The summed E-state index contributed by atoms with van der Waals surface area (Å²) in [4.78, 5) is 19.0. The highest BCUT2D eigenvalue weighted by molar-refractivity contribution is 5.96. The fraction of sp³-hybridized carbons (Fsp3) is 0.250. The summed E-state index contributed by atoms with van der Waals surface area (Å²) in [5, 5.41) is 0. The first-order valence-corrected chi connectivity index (χ1v) is 9.85. The molecule has 0 saturated carbocycles. The van der Waals surface area contributed by atoms with Crippen LogP contribution >= 0.6 is 0 Å². The Morgan fingerprint density at radius 3 is 2.73 bits per heavy atom. The fourth-order valence-corrected chi connectivity index (χ4v) is 4.01. The van der Waals surface area contributed by atoms with Crippen molar-refractivity contribution in [3.63, 3.8) is 0 Å². The monoisotopic (exact) mass is 406 g/mol. The number of likely N-dealkylation sites (tertiary alicyclic amines) is 1. The molecule has 3 aromatic rings. The van der Waals surface area contributed by atoms with Gasteiger partial charge in [0.2, 0.25) is 0 Å². The van der Waals surface area contributed by atoms with Crippen molar-refractivity contribution in [3.05, 3.63) is 77.9 Å². The van der Waals surface area contributed by atoms with Crippen molar-refractivity contribution in [2.24, 2.45) is 0 Å². The van der Waals surface area contributed by atoms with Gasteiger partial charge in [-0.15, -0.1) is 0 Å². The zero-order valence-corrected chi connectivity index (χ0v) is 17.0. The van der Waals surface area contributed by atoms with Crippen LogP contribution < -0.4 is 9.47 Å². The number of amides is 1. The number of carbonyl (C=O) groups excluding carboxylic acids is 1. The normalized spacial score (nSPS) is 15.8. The smallest absolute Gasteiger partial charge is 0.254 e. The van der Waals surface area contributed by atoms with Crippen LogP contribution in [0, 0.1) is 5.82 Å². The molecule has 2 heterocycles. The van der Waals surface area contributed by atoms with Crippen molar-refractivity contribution < 1.29 is 18.7 Å². The molecule has 0 aliphatic carbocycles. The van der Waals surface area contributed by atoms with Gasteiger partial charge in [0, 0.05) is 29.4 Å². The van der Waals surface area contributed by atoms with E-state index >= 15 is 0 Å². The van der Waals surface area contributed by atoms with Crippen molar-refractivity contribution in [1.29, 1.82) is 0 Å². The minimum absolute atomic E-state index is 0.00378. The van der Waals surface area contributed by atoms with Gasteiger partial charge < -0.3 is 14.4 Å². The molecule has 0 radical (unpaired) electrons. The molecule has 0 bridgehead atoms. The van der Waals surface area contributed by atoms with Gasteiger partial charge in [0.05, 0.1) is 26.5 Å². The average molecular weight is 406 g/mol. The third-order valence-corrected chi connectivity index (χ3v) is 5.50. The van der Waals surface area contributed by atoms with Crippen LogP contribution in [0.1, 0.15) is 34.8 Å². The van der Waals surface area contributed by atoms with E-state index in [1.54, 1.807) is 31.4 Å². The maximum Gasteiger partial charge on any atom is 0.254 e. The lowest BCUT2D eigenvalue weighted by Crippen LogP contribution is -2.30. The van der Waals surface area contributed by atoms with Gasteiger partial charge in [-0.1, -0.05) is 12.1 Å². The van der Waals surface area contributed by atoms with Gasteiger partial charge in [0.1, 0.15) is 17.3 Å². The topological polar surface area (TPSA) is 51.7 Å². The number of benzene rings is 2. The Labute approximate surface area is 175 Å². The Bertz CT molecular complexity index is 1070. The molecule has 4 rings (SSSR count). The number of hydrogen-bond acceptors (Lipinski definition) is 4. The highest BCUT2D eigenvalue weighted by atomic mass is 19.1. The summed E-state index contributed by atoms with van der Waals surface area (Å²) in [6, 6.07) is 14.5. The lowest BCUT2D eigenvalue weighted by atomic mass is 10.0. The second-order valence-corrected chi connectivity index (χ2v) is 7.20. The molecule has 1 amide bonds. The van der Waals surface area contributed by atoms with Crippen molar-refractivity contribution >= 4 is 5.91 Å².